The quantitative estimate of drug-likeness (QED) is 0.610. The molecule has 0 saturated heterocycles. The van der Waals surface area contributed by atoms with Gasteiger partial charge >= 0.3 is 0 Å². The van der Waals surface area contributed by atoms with Crippen LogP contribution < -0.4 is 15.4 Å². The molecule has 0 bridgehead atoms. The van der Waals surface area contributed by atoms with Gasteiger partial charge in [0, 0.05) is 25.5 Å². The van der Waals surface area contributed by atoms with Crippen LogP contribution in [0.4, 0.5) is 0 Å². The Morgan fingerprint density at radius 1 is 1.00 bits per heavy atom. The number of carbonyl (C=O) groups excluding carboxylic acids is 2. The van der Waals surface area contributed by atoms with Crippen molar-refractivity contribution in [2.24, 2.45) is 0 Å². The fourth-order valence-corrected chi connectivity index (χ4v) is 2.60. The number of pyridine rings is 1. The first kappa shape index (κ1) is 21.4. The zero-order chi connectivity index (χ0) is 20.4. The lowest BCUT2D eigenvalue weighted by Crippen LogP contribution is -2.28. The minimum Gasteiger partial charge on any atom is -0.497 e. The van der Waals surface area contributed by atoms with Gasteiger partial charge in [-0.1, -0.05) is 12.1 Å². The van der Waals surface area contributed by atoms with E-state index >= 15 is 0 Å². The second kappa shape index (κ2) is 11.0. The molecule has 0 unspecified atom stereocenters. The van der Waals surface area contributed by atoms with E-state index in [1.54, 1.807) is 13.2 Å². The maximum atomic E-state index is 12.3. The summed E-state index contributed by atoms with van der Waals surface area (Å²) < 4.78 is 5.13. The molecule has 7 nitrogen and oxygen atoms in total. The number of ether oxygens (including phenoxy) is 1. The highest BCUT2D eigenvalue weighted by Crippen LogP contribution is 2.11. The van der Waals surface area contributed by atoms with E-state index in [0.29, 0.717) is 30.6 Å². The number of aromatic nitrogens is 1. The molecule has 28 heavy (non-hydrogen) atoms. The molecular formula is C21H28N4O3. The van der Waals surface area contributed by atoms with Crippen molar-refractivity contribution in [1.29, 1.82) is 0 Å². The Morgan fingerprint density at radius 2 is 1.61 bits per heavy atom. The van der Waals surface area contributed by atoms with Crippen LogP contribution in [-0.2, 0) is 6.42 Å². The number of nitrogens with one attached hydrogen (secondary N) is 2. The van der Waals surface area contributed by atoms with E-state index in [4.69, 9.17) is 4.74 Å². The summed E-state index contributed by atoms with van der Waals surface area (Å²) in [5.74, 6) is 0.332. The van der Waals surface area contributed by atoms with E-state index in [-0.39, 0.29) is 11.8 Å². The molecule has 1 heterocycles. The number of amides is 2. The summed E-state index contributed by atoms with van der Waals surface area (Å²) in [6.07, 6.45) is 4.49. The number of rotatable bonds is 10. The van der Waals surface area contributed by atoms with Gasteiger partial charge in [-0.15, -0.1) is 0 Å². The highest BCUT2D eigenvalue weighted by molar-refractivity contribution is 5.99. The number of benzene rings is 1. The molecule has 1 aromatic carbocycles. The topological polar surface area (TPSA) is 83.6 Å². The Morgan fingerprint density at radius 3 is 2.18 bits per heavy atom. The Balaban J connectivity index is 1.82. The number of hydrogen-bond donors (Lipinski definition) is 2. The van der Waals surface area contributed by atoms with E-state index < -0.39 is 0 Å². The van der Waals surface area contributed by atoms with Crippen molar-refractivity contribution in [2.45, 2.75) is 12.8 Å². The van der Waals surface area contributed by atoms with Crippen LogP contribution >= 0.6 is 0 Å². The summed E-state index contributed by atoms with van der Waals surface area (Å²) in [5.41, 5.74) is 1.86. The fraction of sp³-hybridized carbons (Fsp3) is 0.381. The lowest BCUT2D eigenvalue weighted by atomic mass is 10.1. The monoisotopic (exact) mass is 384 g/mol. The lowest BCUT2D eigenvalue weighted by molar-refractivity contribution is 0.0952. The molecule has 150 valence electrons. The van der Waals surface area contributed by atoms with Crippen molar-refractivity contribution in [3.05, 3.63) is 59.4 Å². The molecule has 2 amide bonds. The second-order valence-electron chi connectivity index (χ2n) is 6.73. The van der Waals surface area contributed by atoms with Crippen LogP contribution in [0, 0.1) is 0 Å². The van der Waals surface area contributed by atoms with Crippen LogP contribution in [0.1, 0.15) is 32.7 Å². The van der Waals surface area contributed by atoms with Crippen LogP contribution in [-0.4, -0.2) is 62.5 Å². The summed E-state index contributed by atoms with van der Waals surface area (Å²) in [5, 5.41) is 5.71. The molecule has 0 radical (unpaired) electrons. The first-order valence-corrected chi connectivity index (χ1v) is 9.28. The van der Waals surface area contributed by atoms with E-state index in [0.717, 1.165) is 24.3 Å². The number of nitrogens with zero attached hydrogens (tertiary/aromatic N) is 2. The second-order valence-corrected chi connectivity index (χ2v) is 6.73. The standard InChI is InChI=1S/C21H28N4O3/c1-25(2)12-4-10-23-20(26)17-13-18(15-22-14-17)21(27)24-11-9-16-5-7-19(28-3)8-6-16/h5-8,13-15H,4,9-12H2,1-3H3,(H,23,26)(H,24,27). The van der Waals surface area contributed by atoms with Crippen molar-refractivity contribution in [1.82, 2.24) is 20.5 Å². The highest BCUT2D eigenvalue weighted by Gasteiger charge is 2.11. The van der Waals surface area contributed by atoms with Crippen LogP contribution in [0.15, 0.2) is 42.7 Å². The summed E-state index contributed by atoms with van der Waals surface area (Å²) in [6.45, 7) is 1.97. The normalized spacial score (nSPS) is 10.6. The predicted octanol–water partition coefficient (Wildman–Crippen LogP) is 1.74. The van der Waals surface area contributed by atoms with Crippen molar-refractivity contribution in [3.8, 4) is 5.75 Å². The van der Waals surface area contributed by atoms with E-state index in [1.165, 1.54) is 12.4 Å². The summed E-state index contributed by atoms with van der Waals surface area (Å²) in [7, 11) is 5.60. The van der Waals surface area contributed by atoms with Crippen LogP contribution in [0.2, 0.25) is 0 Å². The molecule has 2 rings (SSSR count). The Kier molecular flexibility index (Phi) is 8.42. The Labute approximate surface area is 166 Å². The zero-order valence-electron chi connectivity index (χ0n) is 16.7. The van der Waals surface area contributed by atoms with Gasteiger partial charge in [-0.05, 0) is 57.2 Å². The minimum atomic E-state index is -0.247. The number of methoxy groups -OCH3 is 1. The van der Waals surface area contributed by atoms with Gasteiger partial charge in [0.05, 0.1) is 18.2 Å². The molecule has 2 aromatic rings. The highest BCUT2D eigenvalue weighted by atomic mass is 16.5. The molecule has 2 N–H and O–H groups in total. The molecule has 7 heteroatoms. The Bertz CT molecular complexity index is 775. The van der Waals surface area contributed by atoms with Gasteiger partial charge in [0.2, 0.25) is 0 Å². The molecular weight excluding hydrogens is 356 g/mol. The van der Waals surface area contributed by atoms with Crippen LogP contribution in [0.3, 0.4) is 0 Å². The maximum Gasteiger partial charge on any atom is 0.252 e. The summed E-state index contributed by atoms with van der Waals surface area (Å²) in [4.78, 5) is 30.6. The molecule has 0 aliphatic heterocycles. The van der Waals surface area contributed by atoms with Crippen LogP contribution in [0.5, 0.6) is 5.75 Å². The summed E-state index contributed by atoms with van der Waals surface area (Å²) >= 11 is 0. The molecule has 0 aliphatic rings. The van der Waals surface area contributed by atoms with Gasteiger partial charge in [0.25, 0.3) is 11.8 Å². The van der Waals surface area contributed by atoms with Crippen LogP contribution in [0.25, 0.3) is 0 Å². The lowest BCUT2D eigenvalue weighted by Gasteiger charge is -2.10. The minimum absolute atomic E-state index is 0.223. The zero-order valence-corrected chi connectivity index (χ0v) is 16.7. The van der Waals surface area contributed by atoms with Gasteiger partial charge in [-0.2, -0.15) is 0 Å². The SMILES string of the molecule is COc1ccc(CCNC(=O)c2cncc(C(=O)NCCCN(C)C)c2)cc1. The predicted molar refractivity (Wildman–Crippen MR) is 109 cm³/mol. The average Bonchev–Trinajstić information content (AvgIpc) is 2.71. The smallest absolute Gasteiger partial charge is 0.252 e. The average molecular weight is 384 g/mol. The Hall–Kier alpha value is -2.93. The van der Waals surface area contributed by atoms with E-state index in [1.807, 2.05) is 38.4 Å². The van der Waals surface area contributed by atoms with Gasteiger partial charge in [-0.3, -0.25) is 14.6 Å². The molecule has 1 aromatic heterocycles. The molecule has 0 aliphatic carbocycles. The van der Waals surface area contributed by atoms with E-state index in [2.05, 4.69) is 20.5 Å². The van der Waals surface area contributed by atoms with Crippen molar-refractivity contribution in [2.75, 3.05) is 40.8 Å². The summed E-state index contributed by atoms with van der Waals surface area (Å²) in [6, 6.07) is 9.28. The van der Waals surface area contributed by atoms with Crippen molar-refractivity contribution < 1.29 is 14.3 Å². The van der Waals surface area contributed by atoms with Crippen molar-refractivity contribution >= 4 is 11.8 Å². The third-order valence-electron chi connectivity index (χ3n) is 4.19. The van der Waals surface area contributed by atoms with Gasteiger partial charge in [0.15, 0.2) is 0 Å². The molecule has 0 spiro atoms. The van der Waals surface area contributed by atoms with Crippen molar-refractivity contribution in [3.63, 3.8) is 0 Å². The largest absolute Gasteiger partial charge is 0.497 e. The van der Waals surface area contributed by atoms with Gasteiger partial charge in [-0.25, -0.2) is 0 Å². The molecule has 0 atom stereocenters. The third-order valence-corrected chi connectivity index (χ3v) is 4.19. The molecule has 0 fully saturated rings. The fourth-order valence-electron chi connectivity index (χ4n) is 2.60. The first-order valence-electron chi connectivity index (χ1n) is 9.28. The number of hydrogen-bond acceptors (Lipinski definition) is 5. The number of carbonyl (C=O) groups is 2. The molecule has 0 saturated carbocycles. The van der Waals surface area contributed by atoms with Gasteiger partial charge in [0.1, 0.15) is 5.75 Å². The van der Waals surface area contributed by atoms with E-state index in [9.17, 15) is 9.59 Å². The maximum absolute atomic E-state index is 12.3. The van der Waals surface area contributed by atoms with Gasteiger partial charge < -0.3 is 20.3 Å². The third kappa shape index (κ3) is 7.00. The first-order chi connectivity index (χ1) is 13.5.